The summed E-state index contributed by atoms with van der Waals surface area (Å²) >= 11 is 0. The number of aryl methyl sites for hydroxylation is 1. The van der Waals surface area contributed by atoms with Crippen LogP contribution in [0.2, 0.25) is 0 Å². The number of benzene rings is 2. The average Bonchev–Trinajstić information content (AvgIpc) is 2.51. The van der Waals surface area contributed by atoms with Gasteiger partial charge in [0.1, 0.15) is 19.0 Å². The van der Waals surface area contributed by atoms with E-state index in [9.17, 15) is 4.79 Å². The molecule has 0 atom stereocenters. The SMILES string of the molecule is COc1cccc(C=O)c1OCCOc1cccc(C)c1. The van der Waals surface area contributed by atoms with E-state index in [0.29, 0.717) is 30.3 Å². The molecule has 0 heterocycles. The van der Waals surface area contributed by atoms with Gasteiger partial charge in [0.2, 0.25) is 0 Å². The van der Waals surface area contributed by atoms with Crippen molar-refractivity contribution in [3.63, 3.8) is 0 Å². The van der Waals surface area contributed by atoms with E-state index >= 15 is 0 Å². The van der Waals surface area contributed by atoms with Crippen LogP contribution in [-0.2, 0) is 0 Å². The second-order valence-corrected chi connectivity index (χ2v) is 4.51. The Hall–Kier alpha value is -2.49. The highest BCUT2D eigenvalue weighted by molar-refractivity contribution is 5.81. The smallest absolute Gasteiger partial charge is 0.171 e. The summed E-state index contributed by atoms with van der Waals surface area (Å²) in [7, 11) is 1.54. The maximum atomic E-state index is 11.0. The minimum Gasteiger partial charge on any atom is -0.493 e. The van der Waals surface area contributed by atoms with Crippen LogP contribution in [-0.4, -0.2) is 26.6 Å². The molecule has 0 aliphatic carbocycles. The highest BCUT2D eigenvalue weighted by atomic mass is 16.5. The van der Waals surface area contributed by atoms with Crippen LogP contribution in [0.1, 0.15) is 15.9 Å². The molecule has 0 N–H and O–H groups in total. The quantitative estimate of drug-likeness (QED) is 0.579. The van der Waals surface area contributed by atoms with Crippen molar-refractivity contribution in [2.45, 2.75) is 6.92 Å². The van der Waals surface area contributed by atoms with E-state index in [1.54, 1.807) is 25.3 Å². The number of rotatable bonds is 7. The average molecular weight is 286 g/mol. The molecule has 4 heteroatoms. The Balaban J connectivity index is 1.93. The van der Waals surface area contributed by atoms with Gasteiger partial charge < -0.3 is 14.2 Å². The number of aldehydes is 1. The normalized spacial score (nSPS) is 10.0. The van der Waals surface area contributed by atoms with E-state index in [4.69, 9.17) is 14.2 Å². The van der Waals surface area contributed by atoms with Crippen LogP contribution in [0.15, 0.2) is 42.5 Å². The molecular formula is C17H18O4. The number of methoxy groups -OCH3 is 1. The molecule has 0 saturated heterocycles. The Labute approximate surface area is 124 Å². The van der Waals surface area contributed by atoms with Gasteiger partial charge in [-0.25, -0.2) is 0 Å². The molecule has 0 saturated carbocycles. The van der Waals surface area contributed by atoms with Gasteiger partial charge in [-0.1, -0.05) is 18.2 Å². The molecule has 0 bridgehead atoms. The third-order valence-electron chi connectivity index (χ3n) is 2.94. The zero-order valence-electron chi connectivity index (χ0n) is 12.2. The molecule has 0 spiro atoms. The van der Waals surface area contributed by atoms with Crippen molar-refractivity contribution in [2.24, 2.45) is 0 Å². The second kappa shape index (κ2) is 7.33. The van der Waals surface area contributed by atoms with Crippen LogP contribution >= 0.6 is 0 Å². The first kappa shape index (κ1) is 14.9. The zero-order valence-corrected chi connectivity index (χ0v) is 12.2. The third-order valence-corrected chi connectivity index (χ3v) is 2.94. The molecule has 4 nitrogen and oxygen atoms in total. The Morgan fingerprint density at radius 1 is 1.05 bits per heavy atom. The van der Waals surface area contributed by atoms with Crippen LogP contribution in [0, 0.1) is 6.92 Å². The second-order valence-electron chi connectivity index (χ2n) is 4.51. The molecule has 2 aromatic carbocycles. The fraction of sp³-hybridized carbons (Fsp3) is 0.235. The fourth-order valence-electron chi connectivity index (χ4n) is 1.95. The largest absolute Gasteiger partial charge is 0.493 e. The molecule has 0 aromatic heterocycles. The number of carbonyl (C=O) groups is 1. The lowest BCUT2D eigenvalue weighted by molar-refractivity contribution is 0.111. The van der Waals surface area contributed by atoms with Crippen molar-refractivity contribution in [3.8, 4) is 17.2 Å². The highest BCUT2D eigenvalue weighted by Crippen LogP contribution is 2.29. The first-order valence-electron chi connectivity index (χ1n) is 6.69. The highest BCUT2D eigenvalue weighted by Gasteiger charge is 2.09. The van der Waals surface area contributed by atoms with E-state index in [-0.39, 0.29) is 0 Å². The Morgan fingerprint density at radius 2 is 1.81 bits per heavy atom. The van der Waals surface area contributed by atoms with Gasteiger partial charge in [0.15, 0.2) is 17.8 Å². The molecule has 0 fully saturated rings. The van der Waals surface area contributed by atoms with Gasteiger partial charge in [0, 0.05) is 0 Å². The molecule has 0 aliphatic heterocycles. The summed E-state index contributed by atoms with van der Waals surface area (Å²) in [5.41, 5.74) is 1.60. The predicted molar refractivity (Wildman–Crippen MR) is 80.6 cm³/mol. The van der Waals surface area contributed by atoms with Crippen LogP contribution < -0.4 is 14.2 Å². The summed E-state index contributed by atoms with van der Waals surface area (Å²) in [4.78, 5) is 11.0. The summed E-state index contributed by atoms with van der Waals surface area (Å²) in [6, 6.07) is 13.0. The molecule has 21 heavy (non-hydrogen) atoms. The molecule has 2 aromatic rings. The van der Waals surface area contributed by atoms with E-state index < -0.39 is 0 Å². The molecule has 0 aliphatic rings. The van der Waals surface area contributed by atoms with E-state index in [0.717, 1.165) is 17.6 Å². The van der Waals surface area contributed by atoms with Crippen molar-refractivity contribution in [1.82, 2.24) is 0 Å². The number of hydrogen-bond donors (Lipinski definition) is 0. The lowest BCUT2D eigenvalue weighted by atomic mass is 10.2. The number of carbonyl (C=O) groups excluding carboxylic acids is 1. The number of para-hydroxylation sites is 1. The third kappa shape index (κ3) is 3.99. The topological polar surface area (TPSA) is 44.8 Å². The van der Waals surface area contributed by atoms with Gasteiger partial charge in [0.05, 0.1) is 12.7 Å². The summed E-state index contributed by atoms with van der Waals surface area (Å²) < 4.78 is 16.4. The molecule has 0 unspecified atom stereocenters. The number of hydrogen-bond acceptors (Lipinski definition) is 4. The van der Waals surface area contributed by atoms with Crippen molar-refractivity contribution in [2.75, 3.05) is 20.3 Å². The molecular weight excluding hydrogens is 268 g/mol. The minimum absolute atomic E-state index is 0.329. The van der Waals surface area contributed by atoms with Crippen LogP contribution in [0.25, 0.3) is 0 Å². The van der Waals surface area contributed by atoms with Crippen molar-refractivity contribution >= 4 is 6.29 Å². The van der Waals surface area contributed by atoms with Gasteiger partial charge in [-0.15, -0.1) is 0 Å². The Morgan fingerprint density at radius 3 is 2.52 bits per heavy atom. The van der Waals surface area contributed by atoms with E-state index in [1.807, 2.05) is 31.2 Å². The van der Waals surface area contributed by atoms with Crippen molar-refractivity contribution < 1.29 is 19.0 Å². The summed E-state index contributed by atoms with van der Waals surface area (Å²) in [6.07, 6.45) is 0.749. The number of ether oxygens (including phenoxy) is 3. The van der Waals surface area contributed by atoms with Gasteiger partial charge in [0.25, 0.3) is 0 Å². The van der Waals surface area contributed by atoms with Crippen LogP contribution in [0.4, 0.5) is 0 Å². The minimum atomic E-state index is 0.329. The summed E-state index contributed by atoms with van der Waals surface area (Å²) in [6.45, 7) is 2.73. The lowest BCUT2D eigenvalue weighted by Crippen LogP contribution is -2.10. The summed E-state index contributed by atoms with van der Waals surface area (Å²) in [5, 5.41) is 0. The standard InChI is InChI=1S/C17H18O4/c1-13-5-3-7-15(11-13)20-9-10-21-17-14(12-18)6-4-8-16(17)19-2/h3-8,11-12H,9-10H2,1-2H3. The molecule has 2 rings (SSSR count). The van der Waals surface area contributed by atoms with Gasteiger partial charge >= 0.3 is 0 Å². The Bertz CT molecular complexity index is 607. The van der Waals surface area contributed by atoms with Crippen LogP contribution in [0.3, 0.4) is 0 Å². The monoisotopic (exact) mass is 286 g/mol. The fourth-order valence-corrected chi connectivity index (χ4v) is 1.95. The molecule has 110 valence electrons. The lowest BCUT2D eigenvalue weighted by Gasteiger charge is -2.13. The van der Waals surface area contributed by atoms with Gasteiger partial charge in [-0.05, 0) is 36.8 Å². The molecule has 0 radical (unpaired) electrons. The van der Waals surface area contributed by atoms with Gasteiger partial charge in [-0.2, -0.15) is 0 Å². The van der Waals surface area contributed by atoms with Crippen molar-refractivity contribution in [1.29, 1.82) is 0 Å². The first-order valence-corrected chi connectivity index (χ1v) is 6.69. The maximum absolute atomic E-state index is 11.0. The van der Waals surface area contributed by atoms with Gasteiger partial charge in [-0.3, -0.25) is 4.79 Å². The van der Waals surface area contributed by atoms with E-state index in [1.165, 1.54) is 0 Å². The van der Waals surface area contributed by atoms with Crippen molar-refractivity contribution in [3.05, 3.63) is 53.6 Å². The first-order chi connectivity index (χ1) is 10.2. The van der Waals surface area contributed by atoms with E-state index in [2.05, 4.69) is 0 Å². The predicted octanol–water partition coefficient (Wildman–Crippen LogP) is 3.27. The van der Waals surface area contributed by atoms with Crippen LogP contribution in [0.5, 0.6) is 17.2 Å². The zero-order chi connectivity index (χ0) is 15.1. The maximum Gasteiger partial charge on any atom is 0.171 e. The Kier molecular flexibility index (Phi) is 5.21. The summed E-state index contributed by atoms with van der Waals surface area (Å²) in [5.74, 6) is 1.78. The molecule has 0 amide bonds.